The summed E-state index contributed by atoms with van der Waals surface area (Å²) in [5, 5.41) is 12.1. The van der Waals surface area contributed by atoms with Gasteiger partial charge in [-0.1, -0.05) is 0 Å². The third-order valence-electron chi connectivity index (χ3n) is 2.14. The monoisotopic (exact) mass is 313 g/mol. The predicted octanol–water partition coefficient (Wildman–Crippen LogP) is 3.10. The second-order valence-electron chi connectivity index (χ2n) is 3.20. The fraction of sp³-hybridized carbons (Fsp3) is 0.0909. The smallest absolute Gasteiger partial charge is 0.172 e. The Morgan fingerprint density at radius 1 is 1.53 bits per heavy atom. The van der Waals surface area contributed by atoms with Crippen molar-refractivity contribution in [2.45, 2.75) is 0 Å². The number of aldehydes is 1. The number of hydrogen-bond acceptors (Lipinski definition) is 5. The quantitative estimate of drug-likeness (QED) is 0.885. The number of aromatic nitrogens is 1. The van der Waals surface area contributed by atoms with Crippen LogP contribution >= 0.6 is 27.3 Å². The molecule has 1 heterocycles. The molecule has 2 rings (SSSR count). The molecule has 0 aliphatic heterocycles. The number of halogens is 1. The topological polar surface area (TPSA) is 59.4 Å². The number of carbonyl (C=O) groups excluding carboxylic acids is 1. The van der Waals surface area contributed by atoms with Gasteiger partial charge < -0.3 is 9.84 Å². The number of phenols is 1. The first-order valence-electron chi connectivity index (χ1n) is 4.63. The lowest BCUT2D eigenvalue weighted by molar-refractivity contribution is 0.111. The van der Waals surface area contributed by atoms with Gasteiger partial charge in [0, 0.05) is 10.9 Å². The first kappa shape index (κ1) is 12.1. The minimum Gasteiger partial charge on any atom is -0.503 e. The van der Waals surface area contributed by atoms with Crippen molar-refractivity contribution in [2.24, 2.45) is 0 Å². The Hall–Kier alpha value is -1.40. The van der Waals surface area contributed by atoms with Gasteiger partial charge in [-0.15, -0.1) is 11.3 Å². The van der Waals surface area contributed by atoms with E-state index in [4.69, 9.17) is 4.74 Å². The van der Waals surface area contributed by atoms with Crippen molar-refractivity contribution in [1.82, 2.24) is 4.98 Å². The number of benzene rings is 1. The van der Waals surface area contributed by atoms with E-state index in [0.717, 1.165) is 5.56 Å². The molecule has 1 aromatic carbocycles. The molecule has 0 saturated carbocycles. The lowest BCUT2D eigenvalue weighted by Gasteiger charge is -2.07. The van der Waals surface area contributed by atoms with Crippen molar-refractivity contribution in [1.29, 1.82) is 0 Å². The Morgan fingerprint density at radius 2 is 2.29 bits per heavy atom. The van der Waals surface area contributed by atoms with Crippen LogP contribution in [0.2, 0.25) is 0 Å². The van der Waals surface area contributed by atoms with E-state index in [1.54, 1.807) is 17.5 Å². The van der Waals surface area contributed by atoms with Gasteiger partial charge in [0.25, 0.3) is 0 Å². The minimum absolute atomic E-state index is 0.0448. The van der Waals surface area contributed by atoms with Crippen molar-refractivity contribution in [2.75, 3.05) is 7.11 Å². The van der Waals surface area contributed by atoms with E-state index in [9.17, 15) is 9.90 Å². The molecule has 0 bridgehead atoms. The first-order chi connectivity index (χ1) is 8.15. The van der Waals surface area contributed by atoms with E-state index in [-0.39, 0.29) is 5.75 Å². The van der Waals surface area contributed by atoms with Crippen molar-refractivity contribution >= 4 is 33.6 Å². The van der Waals surface area contributed by atoms with Crippen molar-refractivity contribution in [3.63, 3.8) is 0 Å². The van der Waals surface area contributed by atoms with E-state index < -0.39 is 0 Å². The highest BCUT2D eigenvalue weighted by molar-refractivity contribution is 9.10. The molecule has 0 spiro atoms. The third-order valence-corrected chi connectivity index (χ3v) is 3.65. The van der Waals surface area contributed by atoms with E-state index in [0.29, 0.717) is 27.2 Å². The minimum atomic E-state index is 0.0448. The molecule has 4 nitrogen and oxygen atoms in total. The predicted molar refractivity (Wildman–Crippen MR) is 68.9 cm³/mol. The summed E-state index contributed by atoms with van der Waals surface area (Å²) >= 11 is 4.60. The second kappa shape index (κ2) is 4.85. The summed E-state index contributed by atoms with van der Waals surface area (Å²) in [4.78, 5) is 14.7. The molecule has 1 aromatic heterocycles. The average molecular weight is 314 g/mol. The van der Waals surface area contributed by atoms with Crippen LogP contribution in [0.5, 0.6) is 11.5 Å². The number of phenolic OH excluding ortho intramolecular Hbond substituents is 1. The molecule has 0 aliphatic rings. The molecule has 0 fully saturated rings. The summed E-state index contributed by atoms with van der Waals surface area (Å²) in [6, 6.07) is 3.40. The van der Waals surface area contributed by atoms with Gasteiger partial charge in [-0.25, -0.2) is 4.98 Å². The van der Waals surface area contributed by atoms with Crippen LogP contribution in [0.1, 0.15) is 10.5 Å². The SMILES string of the molecule is COc1cc(-c2nc(C=O)cs2)cc(Br)c1O. The van der Waals surface area contributed by atoms with E-state index >= 15 is 0 Å². The highest BCUT2D eigenvalue weighted by Crippen LogP contribution is 2.39. The Kier molecular flexibility index (Phi) is 3.44. The van der Waals surface area contributed by atoms with Crippen LogP contribution in [0, 0.1) is 0 Å². The Bertz CT molecular complexity index is 568. The number of rotatable bonds is 3. The maximum absolute atomic E-state index is 10.6. The maximum atomic E-state index is 10.6. The fourth-order valence-corrected chi connectivity index (χ4v) is 2.52. The number of aromatic hydroxyl groups is 1. The standard InChI is InChI=1S/C11H8BrNO3S/c1-16-9-3-6(2-8(12)10(9)15)11-13-7(4-14)5-17-11/h2-5,15H,1H3. The van der Waals surface area contributed by atoms with Crippen molar-refractivity contribution < 1.29 is 14.6 Å². The van der Waals surface area contributed by atoms with Crippen molar-refractivity contribution in [3.8, 4) is 22.1 Å². The Balaban J connectivity index is 2.52. The molecule has 0 radical (unpaired) electrons. The van der Waals surface area contributed by atoms with Crippen LogP contribution in [0.3, 0.4) is 0 Å². The zero-order valence-electron chi connectivity index (χ0n) is 8.81. The molecule has 2 aromatic rings. The molecule has 17 heavy (non-hydrogen) atoms. The second-order valence-corrected chi connectivity index (χ2v) is 4.92. The summed E-state index contributed by atoms with van der Waals surface area (Å²) in [6.07, 6.45) is 0.701. The number of carbonyl (C=O) groups is 1. The molecule has 6 heteroatoms. The Morgan fingerprint density at radius 3 is 2.88 bits per heavy atom. The largest absolute Gasteiger partial charge is 0.503 e. The third kappa shape index (κ3) is 2.32. The number of methoxy groups -OCH3 is 1. The summed E-state index contributed by atoms with van der Waals surface area (Å²) in [5.41, 5.74) is 1.18. The summed E-state index contributed by atoms with van der Waals surface area (Å²) in [5.74, 6) is 0.403. The van der Waals surface area contributed by atoms with Gasteiger partial charge in [0.1, 0.15) is 10.7 Å². The van der Waals surface area contributed by atoms with Gasteiger partial charge in [0.05, 0.1) is 11.6 Å². The molecular formula is C11H8BrNO3S. The molecule has 0 atom stereocenters. The summed E-state index contributed by atoms with van der Waals surface area (Å²) in [7, 11) is 1.48. The fourth-order valence-electron chi connectivity index (χ4n) is 1.33. The molecule has 0 saturated heterocycles. The normalized spacial score (nSPS) is 10.2. The summed E-state index contributed by atoms with van der Waals surface area (Å²) < 4.78 is 5.57. The molecule has 1 N–H and O–H groups in total. The zero-order valence-corrected chi connectivity index (χ0v) is 11.2. The summed E-state index contributed by atoms with van der Waals surface area (Å²) in [6.45, 7) is 0. The van der Waals surface area contributed by atoms with Crippen LogP contribution in [-0.2, 0) is 0 Å². The maximum Gasteiger partial charge on any atom is 0.172 e. The van der Waals surface area contributed by atoms with Gasteiger partial charge in [-0.2, -0.15) is 0 Å². The molecule has 0 unspecified atom stereocenters. The van der Waals surface area contributed by atoms with Gasteiger partial charge in [-0.3, -0.25) is 4.79 Å². The van der Waals surface area contributed by atoms with Crippen LogP contribution in [0.25, 0.3) is 10.6 Å². The van der Waals surface area contributed by atoms with Gasteiger partial charge in [0.2, 0.25) is 0 Å². The van der Waals surface area contributed by atoms with Gasteiger partial charge in [-0.05, 0) is 28.1 Å². The van der Waals surface area contributed by atoms with Gasteiger partial charge in [0.15, 0.2) is 17.8 Å². The molecule has 88 valence electrons. The van der Waals surface area contributed by atoms with Gasteiger partial charge >= 0.3 is 0 Å². The van der Waals surface area contributed by atoms with Crippen LogP contribution in [0.4, 0.5) is 0 Å². The van der Waals surface area contributed by atoms with Crippen LogP contribution in [0.15, 0.2) is 22.0 Å². The average Bonchev–Trinajstić information content (AvgIpc) is 2.81. The number of nitrogens with zero attached hydrogens (tertiary/aromatic N) is 1. The number of thiazole rings is 1. The van der Waals surface area contributed by atoms with Crippen molar-refractivity contribution in [3.05, 3.63) is 27.7 Å². The highest BCUT2D eigenvalue weighted by Gasteiger charge is 2.12. The highest BCUT2D eigenvalue weighted by atomic mass is 79.9. The first-order valence-corrected chi connectivity index (χ1v) is 6.30. The lowest BCUT2D eigenvalue weighted by atomic mass is 10.2. The lowest BCUT2D eigenvalue weighted by Crippen LogP contribution is -1.87. The zero-order chi connectivity index (χ0) is 12.4. The molecular weight excluding hydrogens is 306 g/mol. The van der Waals surface area contributed by atoms with Crippen LogP contribution in [-0.4, -0.2) is 23.5 Å². The number of ether oxygens (including phenoxy) is 1. The van der Waals surface area contributed by atoms with E-state index in [1.165, 1.54) is 18.4 Å². The van der Waals surface area contributed by atoms with E-state index in [1.807, 2.05) is 0 Å². The molecule has 0 aliphatic carbocycles. The van der Waals surface area contributed by atoms with Crippen LogP contribution < -0.4 is 4.74 Å². The Labute approximate surface area is 110 Å². The van der Waals surface area contributed by atoms with E-state index in [2.05, 4.69) is 20.9 Å². The number of hydrogen-bond donors (Lipinski definition) is 1. The molecule has 0 amide bonds.